The molecule has 0 amide bonds. The second-order valence-corrected chi connectivity index (χ2v) is 2.21. The molecule has 1 aromatic carbocycles. The highest BCUT2D eigenvalue weighted by atomic mass is 16.6. The number of nitrogens with two attached hydrogens (primary N) is 3. The molecular weight excluding hydrogens is 158 g/mol. The smallest absolute Gasteiger partial charge is 0.172 e. The predicted molar refractivity (Wildman–Crippen MR) is 46.6 cm³/mol. The standard InChI is InChI=1S/C7H11N3O2/c1-11-4-2-3-5(12-10)7(9)6(4)8/h2-3H,8-10H2,1H3. The SMILES string of the molecule is COc1ccc(ON)c(N)c1N. The fraction of sp³-hybridized carbons (Fsp3) is 0.143. The highest BCUT2D eigenvalue weighted by Gasteiger charge is 2.08. The maximum Gasteiger partial charge on any atom is 0.172 e. The summed E-state index contributed by atoms with van der Waals surface area (Å²) in [6.07, 6.45) is 0. The van der Waals surface area contributed by atoms with Crippen LogP contribution < -0.4 is 26.9 Å². The Balaban J connectivity index is 3.20. The Hall–Kier alpha value is -1.62. The van der Waals surface area contributed by atoms with E-state index < -0.39 is 0 Å². The van der Waals surface area contributed by atoms with Gasteiger partial charge in [-0.15, -0.1) is 0 Å². The molecule has 1 rings (SSSR count). The largest absolute Gasteiger partial charge is 0.495 e. The highest BCUT2D eigenvalue weighted by molar-refractivity contribution is 5.76. The lowest BCUT2D eigenvalue weighted by molar-refractivity contribution is 0.335. The normalized spacial score (nSPS) is 9.50. The summed E-state index contributed by atoms with van der Waals surface area (Å²) < 4.78 is 4.92. The van der Waals surface area contributed by atoms with E-state index in [9.17, 15) is 0 Å². The lowest BCUT2D eigenvalue weighted by atomic mass is 10.2. The van der Waals surface area contributed by atoms with Crippen LogP contribution in [0.4, 0.5) is 11.4 Å². The van der Waals surface area contributed by atoms with E-state index in [1.165, 1.54) is 7.11 Å². The van der Waals surface area contributed by atoms with Gasteiger partial charge in [0.15, 0.2) is 5.75 Å². The molecule has 5 heteroatoms. The fourth-order valence-electron chi connectivity index (χ4n) is 0.877. The quantitative estimate of drug-likeness (QED) is 0.431. The van der Waals surface area contributed by atoms with Gasteiger partial charge in [0, 0.05) is 0 Å². The highest BCUT2D eigenvalue weighted by Crippen LogP contribution is 2.34. The molecule has 0 radical (unpaired) electrons. The van der Waals surface area contributed by atoms with Crippen molar-refractivity contribution in [1.29, 1.82) is 0 Å². The van der Waals surface area contributed by atoms with Crippen molar-refractivity contribution in [3.05, 3.63) is 12.1 Å². The summed E-state index contributed by atoms with van der Waals surface area (Å²) >= 11 is 0. The predicted octanol–water partition coefficient (Wildman–Crippen LogP) is 0.112. The van der Waals surface area contributed by atoms with Gasteiger partial charge >= 0.3 is 0 Å². The van der Waals surface area contributed by atoms with Crippen LogP contribution in [-0.4, -0.2) is 7.11 Å². The van der Waals surface area contributed by atoms with Crippen molar-refractivity contribution in [3.63, 3.8) is 0 Å². The average Bonchev–Trinajstić information content (AvgIpc) is 2.10. The van der Waals surface area contributed by atoms with E-state index in [1.807, 2.05) is 0 Å². The molecule has 0 spiro atoms. The van der Waals surface area contributed by atoms with Gasteiger partial charge < -0.3 is 21.0 Å². The molecule has 0 heterocycles. The number of hydrogen-bond acceptors (Lipinski definition) is 5. The van der Waals surface area contributed by atoms with Crippen molar-refractivity contribution < 1.29 is 9.57 Å². The molecule has 0 bridgehead atoms. The second-order valence-electron chi connectivity index (χ2n) is 2.21. The molecule has 66 valence electrons. The van der Waals surface area contributed by atoms with Crippen LogP contribution in [-0.2, 0) is 0 Å². The Morgan fingerprint density at radius 2 is 1.58 bits per heavy atom. The molecule has 0 aromatic heterocycles. The van der Waals surface area contributed by atoms with E-state index in [2.05, 4.69) is 4.84 Å². The zero-order valence-electron chi connectivity index (χ0n) is 6.70. The number of hydrogen-bond donors (Lipinski definition) is 3. The molecule has 6 N–H and O–H groups in total. The van der Waals surface area contributed by atoms with Crippen LogP contribution in [0, 0.1) is 0 Å². The van der Waals surface area contributed by atoms with Crippen molar-refractivity contribution in [2.45, 2.75) is 0 Å². The van der Waals surface area contributed by atoms with Crippen LogP contribution in [0.5, 0.6) is 11.5 Å². The lowest BCUT2D eigenvalue weighted by Crippen LogP contribution is -2.07. The van der Waals surface area contributed by atoms with Crippen molar-refractivity contribution in [3.8, 4) is 11.5 Å². The molecule has 0 fully saturated rings. The maximum absolute atomic E-state index is 5.58. The van der Waals surface area contributed by atoms with Crippen molar-refractivity contribution in [1.82, 2.24) is 0 Å². The van der Waals surface area contributed by atoms with Gasteiger partial charge in [0.2, 0.25) is 0 Å². The van der Waals surface area contributed by atoms with Crippen LogP contribution in [0.3, 0.4) is 0 Å². The summed E-state index contributed by atoms with van der Waals surface area (Å²) in [5.41, 5.74) is 11.8. The van der Waals surface area contributed by atoms with E-state index in [4.69, 9.17) is 22.1 Å². The van der Waals surface area contributed by atoms with Gasteiger partial charge in [-0.3, -0.25) is 0 Å². The number of rotatable bonds is 2. The third kappa shape index (κ3) is 1.22. The first-order valence-electron chi connectivity index (χ1n) is 3.29. The Bertz CT molecular complexity index is 259. The minimum Gasteiger partial charge on any atom is -0.495 e. The summed E-state index contributed by atoms with van der Waals surface area (Å²) in [4.78, 5) is 4.46. The molecule has 0 unspecified atom stereocenters. The third-order valence-corrected chi connectivity index (χ3v) is 1.55. The topological polar surface area (TPSA) is 96.5 Å². The van der Waals surface area contributed by atoms with Crippen LogP contribution >= 0.6 is 0 Å². The minimum absolute atomic E-state index is 0.289. The zero-order valence-corrected chi connectivity index (χ0v) is 6.70. The van der Waals surface area contributed by atoms with Crippen molar-refractivity contribution in [2.24, 2.45) is 5.90 Å². The molecule has 0 atom stereocenters. The number of ether oxygens (including phenoxy) is 1. The number of methoxy groups -OCH3 is 1. The van der Waals surface area contributed by atoms with Gasteiger partial charge in [0.1, 0.15) is 17.1 Å². The number of nitrogen functional groups attached to an aromatic ring is 2. The van der Waals surface area contributed by atoms with Gasteiger partial charge in [-0.05, 0) is 12.1 Å². The molecule has 5 nitrogen and oxygen atoms in total. The monoisotopic (exact) mass is 169 g/mol. The van der Waals surface area contributed by atoms with Gasteiger partial charge in [-0.25, -0.2) is 0 Å². The van der Waals surface area contributed by atoms with Crippen LogP contribution in [0.1, 0.15) is 0 Å². The molecule has 0 aliphatic carbocycles. The molecular formula is C7H11N3O2. The first-order chi connectivity index (χ1) is 5.70. The van der Waals surface area contributed by atoms with Crippen LogP contribution in [0.2, 0.25) is 0 Å². The van der Waals surface area contributed by atoms with E-state index in [-0.39, 0.29) is 5.69 Å². The molecule has 0 aliphatic heterocycles. The first-order valence-corrected chi connectivity index (χ1v) is 3.29. The fourth-order valence-corrected chi connectivity index (χ4v) is 0.877. The first kappa shape index (κ1) is 8.48. The van der Waals surface area contributed by atoms with E-state index >= 15 is 0 Å². The minimum atomic E-state index is 0.289. The molecule has 1 aromatic rings. The van der Waals surface area contributed by atoms with Crippen LogP contribution in [0.25, 0.3) is 0 Å². The number of benzene rings is 1. The summed E-state index contributed by atoms with van der Waals surface area (Å²) in [5, 5.41) is 0. The lowest BCUT2D eigenvalue weighted by Gasteiger charge is -2.09. The van der Waals surface area contributed by atoms with Gasteiger partial charge in [-0.2, -0.15) is 5.90 Å². The van der Waals surface area contributed by atoms with Gasteiger partial charge in [0.25, 0.3) is 0 Å². The van der Waals surface area contributed by atoms with E-state index in [0.29, 0.717) is 17.2 Å². The van der Waals surface area contributed by atoms with Crippen molar-refractivity contribution in [2.75, 3.05) is 18.6 Å². The average molecular weight is 169 g/mol. The van der Waals surface area contributed by atoms with Crippen molar-refractivity contribution >= 4 is 11.4 Å². The molecule has 12 heavy (non-hydrogen) atoms. The number of anilines is 2. The second kappa shape index (κ2) is 3.19. The third-order valence-electron chi connectivity index (χ3n) is 1.55. The summed E-state index contributed by atoms with van der Waals surface area (Å²) in [6.45, 7) is 0. The Labute approximate surface area is 70.0 Å². The van der Waals surface area contributed by atoms with Gasteiger partial charge in [-0.1, -0.05) is 0 Å². The van der Waals surface area contributed by atoms with Crippen LogP contribution in [0.15, 0.2) is 12.1 Å². The Kier molecular flexibility index (Phi) is 2.25. The molecule has 0 aliphatic rings. The zero-order chi connectivity index (χ0) is 9.14. The summed E-state index contributed by atoms with van der Waals surface area (Å²) in [6, 6.07) is 3.22. The Morgan fingerprint density at radius 3 is 2.08 bits per heavy atom. The van der Waals surface area contributed by atoms with Gasteiger partial charge in [0.05, 0.1) is 7.11 Å². The Morgan fingerprint density at radius 1 is 1.08 bits per heavy atom. The van der Waals surface area contributed by atoms with E-state index in [0.717, 1.165) is 0 Å². The summed E-state index contributed by atoms with van der Waals surface area (Å²) in [7, 11) is 1.51. The maximum atomic E-state index is 5.58. The molecule has 0 saturated carbocycles. The summed E-state index contributed by atoms with van der Waals surface area (Å²) in [5.74, 6) is 5.78. The van der Waals surface area contributed by atoms with E-state index in [1.54, 1.807) is 12.1 Å². The molecule has 0 saturated heterocycles.